The van der Waals surface area contributed by atoms with E-state index in [0.717, 1.165) is 10.8 Å². The number of halogens is 4. The summed E-state index contributed by atoms with van der Waals surface area (Å²) in [4.78, 5) is 11.7. The van der Waals surface area contributed by atoms with Crippen LogP contribution in [0, 0.1) is 5.41 Å². The zero-order valence-corrected chi connectivity index (χ0v) is 11.3. The van der Waals surface area contributed by atoms with Gasteiger partial charge in [0.1, 0.15) is 0 Å². The summed E-state index contributed by atoms with van der Waals surface area (Å²) in [5.41, 5.74) is -2.34. The van der Waals surface area contributed by atoms with E-state index in [-0.39, 0.29) is 30.8 Å². The van der Waals surface area contributed by atoms with E-state index in [1.807, 2.05) is 0 Å². The third-order valence-corrected chi connectivity index (χ3v) is 3.67. The first-order chi connectivity index (χ1) is 8.77. The third-order valence-electron chi connectivity index (χ3n) is 3.04. The van der Waals surface area contributed by atoms with E-state index in [2.05, 4.69) is 15.9 Å². The van der Waals surface area contributed by atoms with E-state index in [1.165, 1.54) is 0 Å². The van der Waals surface area contributed by atoms with E-state index in [1.54, 1.807) is 0 Å². The number of aliphatic hydroxyl groups is 1. The van der Waals surface area contributed by atoms with Gasteiger partial charge in [-0.1, -0.05) is 0 Å². The molecule has 4 nitrogen and oxygen atoms in total. The SMILES string of the molecule is O=c1cc(C(F)(F)F)c(Br)cn1CC1(CO)COC1. The van der Waals surface area contributed by atoms with E-state index in [0.29, 0.717) is 6.07 Å². The summed E-state index contributed by atoms with van der Waals surface area (Å²) in [6, 6.07) is 0.550. The molecule has 1 N–H and O–H groups in total. The van der Waals surface area contributed by atoms with Crippen molar-refractivity contribution in [2.45, 2.75) is 12.7 Å². The molecule has 0 unspecified atom stereocenters. The van der Waals surface area contributed by atoms with Crippen LogP contribution >= 0.6 is 15.9 Å². The van der Waals surface area contributed by atoms with Crippen LogP contribution in [0.4, 0.5) is 13.2 Å². The molecule has 1 aliphatic heterocycles. The lowest BCUT2D eigenvalue weighted by atomic mass is 9.87. The van der Waals surface area contributed by atoms with Crippen LogP contribution < -0.4 is 5.56 Å². The minimum Gasteiger partial charge on any atom is -0.396 e. The minimum atomic E-state index is -4.58. The van der Waals surface area contributed by atoms with Gasteiger partial charge in [-0.05, 0) is 15.9 Å². The summed E-state index contributed by atoms with van der Waals surface area (Å²) in [6.45, 7) is 0.514. The molecule has 0 amide bonds. The molecule has 106 valence electrons. The summed E-state index contributed by atoms with van der Waals surface area (Å²) in [5.74, 6) is 0. The molecular weight excluding hydrogens is 331 g/mol. The molecule has 1 aromatic heterocycles. The average molecular weight is 342 g/mol. The van der Waals surface area contributed by atoms with Gasteiger partial charge in [0.15, 0.2) is 0 Å². The van der Waals surface area contributed by atoms with Gasteiger partial charge >= 0.3 is 6.18 Å². The highest BCUT2D eigenvalue weighted by Gasteiger charge is 2.39. The number of aromatic nitrogens is 1. The van der Waals surface area contributed by atoms with E-state index < -0.39 is 22.7 Å². The fourth-order valence-electron chi connectivity index (χ4n) is 1.87. The van der Waals surface area contributed by atoms with E-state index >= 15 is 0 Å². The second-order valence-electron chi connectivity index (χ2n) is 4.65. The number of alkyl halides is 3. The first-order valence-corrected chi connectivity index (χ1v) is 6.22. The Morgan fingerprint density at radius 2 is 2.11 bits per heavy atom. The van der Waals surface area contributed by atoms with Gasteiger partial charge in [0.25, 0.3) is 5.56 Å². The van der Waals surface area contributed by atoms with Crippen molar-refractivity contribution in [3.05, 3.63) is 32.7 Å². The van der Waals surface area contributed by atoms with Crippen molar-refractivity contribution in [2.75, 3.05) is 19.8 Å². The molecule has 2 heterocycles. The molecular formula is C11H11BrF3NO3. The van der Waals surface area contributed by atoms with Crippen LogP contribution in [0.5, 0.6) is 0 Å². The van der Waals surface area contributed by atoms with Gasteiger partial charge in [-0.3, -0.25) is 4.79 Å². The molecule has 1 aliphatic rings. The molecule has 0 saturated carbocycles. The maximum absolute atomic E-state index is 12.6. The number of rotatable bonds is 3. The molecule has 0 radical (unpaired) electrons. The summed E-state index contributed by atoms with van der Waals surface area (Å²) in [6.07, 6.45) is -3.48. The number of ether oxygens (including phenoxy) is 1. The van der Waals surface area contributed by atoms with Crippen molar-refractivity contribution in [1.29, 1.82) is 0 Å². The number of hydrogen-bond acceptors (Lipinski definition) is 3. The predicted octanol–water partition coefficient (Wildman–Crippen LogP) is 1.64. The molecule has 8 heteroatoms. The second kappa shape index (κ2) is 4.92. The first-order valence-electron chi connectivity index (χ1n) is 5.43. The van der Waals surface area contributed by atoms with Gasteiger partial charge in [-0.25, -0.2) is 0 Å². The Bertz CT molecular complexity index is 531. The maximum Gasteiger partial charge on any atom is 0.417 e. The fraction of sp³-hybridized carbons (Fsp3) is 0.545. The molecule has 0 aliphatic carbocycles. The van der Waals surface area contributed by atoms with Crippen LogP contribution in [0.2, 0.25) is 0 Å². The summed E-state index contributed by atoms with van der Waals surface area (Å²) >= 11 is 2.81. The maximum atomic E-state index is 12.6. The van der Waals surface area contributed by atoms with Crippen LogP contribution in [0.15, 0.2) is 21.5 Å². The molecule has 1 saturated heterocycles. The quantitative estimate of drug-likeness (QED) is 0.909. The largest absolute Gasteiger partial charge is 0.417 e. The molecule has 0 bridgehead atoms. The molecule has 0 atom stereocenters. The van der Waals surface area contributed by atoms with E-state index in [4.69, 9.17) is 4.74 Å². The van der Waals surface area contributed by atoms with Crippen molar-refractivity contribution >= 4 is 15.9 Å². The van der Waals surface area contributed by atoms with Gasteiger partial charge in [0, 0.05) is 23.3 Å². The summed E-state index contributed by atoms with van der Waals surface area (Å²) in [5, 5.41) is 9.25. The van der Waals surface area contributed by atoms with Crippen LogP contribution in [-0.4, -0.2) is 29.5 Å². The normalized spacial score (nSPS) is 18.2. The minimum absolute atomic E-state index is 0.124. The number of nitrogens with zero attached hydrogens (tertiary/aromatic N) is 1. The highest BCUT2D eigenvalue weighted by Crippen LogP contribution is 2.34. The Kier molecular flexibility index (Phi) is 3.76. The van der Waals surface area contributed by atoms with Crippen LogP contribution in [0.3, 0.4) is 0 Å². The predicted molar refractivity (Wildman–Crippen MR) is 63.7 cm³/mol. The highest BCUT2D eigenvalue weighted by molar-refractivity contribution is 9.10. The van der Waals surface area contributed by atoms with Crippen molar-refractivity contribution < 1.29 is 23.0 Å². The van der Waals surface area contributed by atoms with Crippen LogP contribution in [0.1, 0.15) is 5.56 Å². The Labute approximate surface area is 114 Å². The third kappa shape index (κ3) is 2.85. The van der Waals surface area contributed by atoms with Gasteiger partial charge in [-0.15, -0.1) is 0 Å². The number of hydrogen-bond donors (Lipinski definition) is 1. The van der Waals surface area contributed by atoms with Crippen LogP contribution in [-0.2, 0) is 17.5 Å². The van der Waals surface area contributed by atoms with E-state index in [9.17, 15) is 23.1 Å². The first kappa shape index (κ1) is 14.5. The smallest absolute Gasteiger partial charge is 0.396 e. The molecule has 2 rings (SSSR count). The van der Waals surface area contributed by atoms with Gasteiger partial charge < -0.3 is 14.4 Å². The Morgan fingerprint density at radius 1 is 1.47 bits per heavy atom. The molecule has 1 aromatic rings. The van der Waals surface area contributed by atoms with Gasteiger partial charge in [0.05, 0.1) is 30.8 Å². The highest BCUT2D eigenvalue weighted by atomic mass is 79.9. The van der Waals surface area contributed by atoms with Gasteiger partial charge in [0.2, 0.25) is 0 Å². The molecule has 19 heavy (non-hydrogen) atoms. The van der Waals surface area contributed by atoms with Crippen LogP contribution in [0.25, 0.3) is 0 Å². The standard InChI is InChI=1S/C11H11BrF3NO3/c12-8-2-16(3-10(4-17)5-19-6-10)9(18)1-7(8)11(13,14)15/h1-2,17H,3-6H2. The molecule has 1 fully saturated rings. The Morgan fingerprint density at radius 3 is 2.53 bits per heavy atom. The van der Waals surface area contributed by atoms with Crippen molar-refractivity contribution in [3.63, 3.8) is 0 Å². The van der Waals surface area contributed by atoms with Crippen molar-refractivity contribution in [2.24, 2.45) is 5.41 Å². The Hall–Kier alpha value is -0.860. The average Bonchev–Trinajstić information content (AvgIpc) is 2.26. The monoisotopic (exact) mass is 341 g/mol. The lowest BCUT2D eigenvalue weighted by Gasteiger charge is -2.40. The molecule has 0 aromatic carbocycles. The zero-order valence-electron chi connectivity index (χ0n) is 9.71. The topological polar surface area (TPSA) is 51.5 Å². The fourth-order valence-corrected chi connectivity index (χ4v) is 2.46. The summed E-state index contributed by atoms with van der Waals surface area (Å²) < 4.78 is 43.7. The lowest BCUT2D eigenvalue weighted by Crippen LogP contribution is -2.50. The Balaban J connectivity index is 2.34. The van der Waals surface area contributed by atoms with Gasteiger partial charge in [-0.2, -0.15) is 13.2 Å². The zero-order chi connectivity index (χ0) is 14.3. The molecule has 0 spiro atoms. The lowest BCUT2D eigenvalue weighted by molar-refractivity contribution is -0.145. The van der Waals surface area contributed by atoms with Crippen molar-refractivity contribution in [1.82, 2.24) is 4.57 Å². The number of pyridine rings is 1. The van der Waals surface area contributed by atoms with Crippen molar-refractivity contribution in [3.8, 4) is 0 Å². The summed E-state index contributed by atoms with van der Waals surface area (Å²) in [7, 11) is 0. The second-order valence-corrected chi connectivity index (χ2v) is 5.50. The number of aliphatic hydroxyl groups excluding tert-OH is 1.